The van der Waals surface area contributed by atoms with Crippen molar-refractivity contribution < 1.29 is 4.79 Å². The van der Waals surface area contributed by atoms with E-state index in [0.29, 0.717) is 12.2 Å². The molecule has 1 N–H and O–H groups in total. The van der Waals surface area contributed by atoms with E-state index in [9.17, 15) is 4.79 Å². The average molecular weight is 214 g/mol. The number of nitrogens with zero attached hydrogens (tertiary/aromatic N) is 3. The van der Waals surface area contributed by atoms with Crippen molar-refractivity contribution >= 4 is 5.91 Å². The van der Waals surface area contributed by atoms with Crippen molar-refractivity contribution in [3.05, 3.63) is 36.3 Å². The van der Waals surface area contributed by atoms with Gasteiger partial charge in [-0.1, -0.05) is 0 Å². The second kappa shape index (κ2) is 3.44. The monoisotopic (exact) mass is 214 g/mol. The van der Waals surface area contributed by atoms with Crippen molar-refractivity contribution in [1.82, 2.24) is 20.1 Å². The number of carbonyl (C=O) groups excluding carboxylic acids is 1. The van der Waals surface area contributed by atoms with Crippen LogP contribution in [-0.2, 0) is 6.54 Å². The first kappa shape index (κ1) is 9.08. The van der Waals surface area contributed by atoms with Crippen LogP contribution in [0.25, 0.3) is 11.3 Å². The summed E-state index contributed by atoms with van der Waals surface area (Å²) in [5.74, 6) is -0.0564. The molecule has 5 nitrogen and oxygen atoms in total. The van der Waals surface area contributed by atoms with Crippen molar-refractivity contribution in [2.24, 2.45) is 0 Å². The predicted octanol–water partition coefficient (Wildman–Crippen LogP) is 0.688. The second-order valence-corrected chi connectivity index (χ2v) is 3.63. The number of carbonyl (C=O) groups is 1. The molecule has 1 aliphatic rings. The number of amides is 1. The van der Waals surface area contributed by atoms with Gasteiger partial charge in [0.15, 0.2) is 0 Å². The molecular weight excluding hydrogens is 204 g/mol. The summed E-state index contributed by atoms with van der Waals surface area (Å²) >= 11 is 0. The Morgan fingerprint density at radius 1 is 1.31 bits per heavy atom. The fourth-order valence-corrected chi connectivity index (χ4v) is 1.80. The molecule has 0 fully saturated rings. The van der Waals surface area contributed by atoms with Crippen molar-refractivity contribution in [2.45, 2.75) is 6.54 Å². The first-order chi connectivity index (χ1) is 7.84. The van der Waals surface area contributed by atoms with Gasteiger partial charge in [-0.15, -0.1) is 0 Å². The summed E-state index contributed by atoms with van der Waals surface area (Å²) in [6.07, 6.45) is 3.43. The third kappa shape index (κ3) is 1.37. The number of rotatable bonds is 1. The maximum atomic E-state index is 11.5. The molecule has 5 heteroatoms. The van der Waals surface area contributed by atoms with Crippen LogP contribution in [0.3, 0.4) is 0 Å². The fourth-order valence-electron chi connectivity index (χ4n) is 1.80. The standard InChI is InChI=1S/C11H10N4O/c16-11-10-7-9(8-1-3-12-4-2-8)14-15(10)6-5-13-11/h1-4,7H,5-6H2,(H,13,16). The lowest BCUT2D eigenvalue weighted by atomic mass is 10.2. The summed E-state index contributed by atoms with van der Waals surface area (Å²) in [6, 6.07) is 5.57. The molecule has 0 spiro atoms. The lowest BCUT2D eigenvalue weighted by Crippen LogP contribution is -2.35. The third-order valence-corrected chi connectivity index (χ3v) is 2.60. The second-order valence-electron chi connectivity index (χ2n) is 3.63. The lowest BCUT2D eigenvalue weighted by Gasteiger charge is -2.13. The van der Waals surface area contributed by atoms with E-state index in [0.717, 1.165) is 17.8 Å². The molecule has 2 aromatic heterocycles. The number of hydrogen-bond acceptors (Lipinski definition) is 3. The Morgan fingerprint density at radius 3 is 2.88 bits per heavy atom. The first-order valence-corrected chi connectivity index (χ1v) is 5.11. The molecule has 2 aromatic rings. The van der Waals surface area contributed by atoms with Crippen molar-refractivity contribution in [2.75, 3.05) is 6.54 Å². The highest BCUT2D eigenvalue weighted by Gasteiger charge is 2.19. The fraction of sp³-hybridized carbons (Fsp3) is 0.182. The van der Waals surface area contributed by atoms with Crippen LogP contribution in [0.2, 0.25) is 0 Å². The number of fused-ring (bicyclic) bond motifs is 1. The van der Waals surface area contributed by atoms with Gasteiger partial charge in [0.1, 0.15) is 5.69 Å². The maximum Gasteiger partial charge on any atom is 0.269 e. The summed E-state index contributed by atoms with van der Waals surface area (Å²) in [7, 11) is 0. The van der Waals surface area contributed by atoms with E-state index >= 15 is 0 Å². The minimum Gasteiger partial charge on any atom is -0.349 e. The highest BCUT2D eigenvalue weighted by Crippen LogP contribution is 2.19. The average Bonchev–Trinajstić information content (AvgIpc) is 2.76. The topological polar surface area (TPSA) is 59.8 Å². The van der Waals surface area contributed by atoms with Crippen LogP contribution in [0.1, 0.15) is 10.5 Å². The molecule has 1 amide bonds. The Kier molecular flexibility index (Phi) is 1.96. The summed E-state index contributed by atoms with van der Waals surface area (Å²) in [5.41, 5.74) is 2.41. The number of nitrogens with one attached hydrogen (secondary N) is 1. The van der Waals surface area contributed by atoms with Crippen LogP contribution >= 0.6 is 0 Å². The molecule has 0 radical (unpaired) electrons. The summed E-state index contributed by atoms with van der Waals surface area (Å²) in [5, 5.41) is 7.19. The zero-order valence-corrected chi connectivity index (χ0v) is 8.55. The zero-order valence-electron chi connectivity index (χ0n) is 8.55. The number of aromatic nitrogens is 3. The molecule has 3 rings (SSSR count). The quantitative estimate of drug-likeness (QED) is 0.759. The van der Waals surface area contributed by atoms with Crippen LogP contribution in [0.15, 0.2) is 30.6 Å². The van der Waals surface area contributed by atoms with E-state index in [1.54, 1.807) is 17.1 Å². The summed E-state index contributed by atoms with van der Waals surface area (Å²) < 4.78 is 1.74. The van der Waals surface area contributed by atoms with Gasteiger partial charge in [0.2, 0.25) is 0 Å². The molecule has 0 saturated heterocycles. The number of pyridine rings is 1. The Morgan fingerprint density at radius 2 is 2.12 bits per heavy atom. The summed E-state index contributed by atoms with van der Waals surface area (Å²) in [6.45, 7) is 1.37. The van der Waals surface area contributed by atoms with Gasteiger partial charge in [0.25, 0.3) is 5.91 Å². The van der Waals surface area contributed by atoms with Gasteiger partial charge in [0.05, 0.1) is 12.2 Å². The zero-order chi connectivity index (χ0) is 11.0. The molecule has 0 saturated carbocycles. The van der Waals surface area contributed by atoms with E-state index in [1.807, 2.05) is 18.2 Å². The van der Waals surface area contributed by atoms with Gasteiger partial charge >= 0.3 is 0 Å². The van der Waals surface area contributed by atoms with E-state index < -0.39 is 0 Å². The molecule has 0 bridgehead atoms. The normalized spacial score (nSPS) is 14.4. The van der Waals surface area contributed by atoms with Crippen LogP contribution in [0.5, 0.6) is 0 Å². The number of hydrogen-bond donors (Lipinski definition) is 1. The minimum absolute atomic E-state index is 0.0564. The Labute approximate surface area is 92.1 Å². The van der Waals surface area contributed by atoms with E-state index in [2.05, 4.69) is 15.4 Å². The molecule has 3 heterocycles. The molecule has 1 aliphatic heterocycles. The maximum absolute atomic E-state index is 11.5. The smallest absolute Gasteiger partial charge is 0.269 e. The molecule has 16 heavy (non-hydrogen) atoms. The van der Waals surface area contributed by atoms with Crippen LogP contribution in [-0.4, -0.2) is 27.2 Å². The van der Waals surface area contributed by atoms with Crippen molar-refractivity contribution in [1.29, 1.82) is 0 Å². The van der Waals surface area contributed by atoms with Gasteiger partial charge in [-0.05, 0) is 18.2 Å². The van der Waals surface area contributed by atoms with Crippen LogP contribution < -0.4 is 5.32 Å². The first-order valence-electron chi connectivity index (χ1n) is 5.11. The molecule has 0 unspecified atom stereocenters. The van der Waals surface area contributed by atoms with Gasteiger partial charge in [-0.2, -0.15) is 5.10 Å². The largest absolute Gasteiger partial charge is 0.349 e. The lowest BCUT2D eigenvalue weighted by molar-refractivity contribution is 0.0924. The predicted molar refractivity (Wildman–Crippen MR) is 57.8 cm³/mol. The highest BCUT2D eigenvalue weighted by atomic mass is 16.2. The van der Waals surface area contributed by atoms with Crippen molar-refractivity contribution in [3.8, 4) is 11.3 Å². The van der Waals surface area contributed by atoms with Gasteiger partial charge in [0, 0.05) is 24.5 Å². The molecule has 0 atom stereocenters. The van der Waals surface area contributed by atoms with Crippen molar-refractivity contribution in [3.63, 3.8) is 0 Å². The SMILES string of the molecule is O=C1NCCn2nc(-c3ccncc3)cc21. The summed E-state index contributed by atoms with van der Waals surface area (Å²) in [4.78, 5) is 15.5. The van der Waals surface area contributed by atoms with Gasteiger partial charge < -0.3 is 5.32 Å². The third-order valence-electron chi connectivity index (χ3n) is 2.60. The molecule has 80 valence electrons. The van der Waals surface area contributed by atoms with Crippen LogP contribution in [0.4, 0.5) is 0 Å². The Bertz CT molecular complexity index is 532. The Balaban J connectivity index is 2.08. The van der Waals surface area contributed by atoms with E-state index in [1.165, 1.54) is 0 Å². The van der Waals surface area contributed by atoms with Gasteiger partial charge in [-0.3, -0.25) is 14.5 Å². The minimum atomic E-state index is -0.0564. The van der Waals surface area contributed by atoms with Gasteiger partial charge in [-0.25, -0.2) is 0 Å². The van der Waals surface area contributed by atoms with Crippen LogP contribution in [0, 0.1) is 0 Å². The van der Waals surface area contributed by atoms with E-state index in [-0.39, 0.29) is 5.91 Å². The molecular formula is C11H10N4O. The molecule has 0 aliphatic carbocycles. The Hall–Kier alpha value is -2.17. The van der Waals surface area contributed by atoms with E-state index in [4.69, 9.17) is 0 Å². The highest BCUT2D eigenvalue weighted by molar-refractivity contribution is 5.94. The molecule has 0 aromatic carbocycles.